The Kier molecular flexibility index (Phi) is 6.33. The maximum atomic E-state index is 13.1. The average molecular weight is 346 g/mol. The second-order valence-electron chi connectivity index (χ2n) is 5.12. The standard InChI is InChI=1S/C18H19FN2O4/c1-3-24-15-9-7-13(8-10-15)18(23)21-20-17(22)12(2)25-16-6-4-5-14(19)11-16/h4-12H,3H2,1-2H3,(H,20,22)(H,21,23). The summed E-state index contributed by atoms with van der Waals surface area (Å²) >= 11 is 0. The van der Waals surface area contributed by atoms with E-state index < -0.39 is 23.7 Å². The fourth-order valence-corrected chi connectivity index (χ4v) is 1.96. The average Bonchev–Trinajstić information content (AvgIpc) is 2.60. The lowest BCUT2D eigenvalue weighted by Crippen LogP contribution is -2.47. The molecule has 0 saturated heterocycles. The molecule has 6 nitrogen and oxygen atoms in total. The van der Waals surface area contributed by atoms with Crippen molar-refractivity contribution in [1.82, 2.24) is 10.9 Å². The number of amides is 2. The van der Waals surface area contributed by atoms with Crippen LogP contribution in [-0.2, 0) is 4.79 Å². The van der Waals surface area contributed by atoms with Crippen molar-refractivity contribution in [3.05, 3.63) is 59.9 Å². The molecule has 0 aliphatic carbocycles. The molecule has 0 aromatic heterocycles. The minimum absolute atomic E-state index is 0.223. The molecule has 1 atom stereocenters. The highest BCUT2D eigenvalue weighted by Crippen LogP contribution is 2.14. The van der Waals surface area contributed by atoms with Crippen LogP contribution in [0.4, 0.5) is 4.39 Å². The van der Waals surface area contributed by atoms with Crippen LogP contribution in [-0.4, -0.2) is 24.5 Å². The Labute approximate surface area is 144 Å². The Bertz CT molecular complexity index is 734. The van der Waals surface area contributed by atoms with Crippen molar-refractivity contribution in [3.63, 3.8) is 0 Å². The molecule has 0 spiro atoms. The summed E-state index contributed by atoms with van der Waals surface area (Å²) in [6.07, 6.45) is -0.914. The monoisotopic (exact) mass is 346 g/mol. The highest BCUT2D eigenvalue weighted by molar-refractivity contribution is 5.95. The quantitative estimate of drug-likeness (QED) is 0.788. The summed E-state index contributed by atoms with van der Waals surface area (Å²) in [5.41, 5.74) is 4.93. The Morgan fingerprint density at radius 2 is 1.80 bits per heavy atom. The Hall–Kier alpha value is -3.09. The molecule has 0 aliphatic heterocycles. The number of rotatable bonds is 6. The summed E-state index contributed by atoms with van der Waals surface area (Å²) in [7, 11) is 0. The van der Waals surface area contributed by atoms with Crippen molar-refractivity contribution in [2.24, 2.45) is 0 Å². The molecule has 0 bridgehead atoms. The molecule has 2 rings (SSSR count). The second kappa shape index (κ2) is 8.68. The summed E-state index contributed by atoms with van der Waals surface area (Å²) in [5.74, 6) is -0.632. The summed E-state index contributed by atoms with van der Waals surface area (Å²) in [6, 6.07) is 11.9. The van der Waals surface area contributed by atoms with Crippen LogP contribution in [0.3, 0.4) is 0 Å². The minimum atomic E-state index is -0.914. The predicted octanol–water partition coefficient (Wildman–Crippen LogP) is 2.45. The fraction of sp³-hybridized carbons (Fsp3) is 0.222. The zero-order valence-electron chi connectivity index (χ0n) is 13.9. The zero-order valence-corrected chi connectivity index (χ0v) is 13.9. The first-order chi connectivity index (χ1) is 12.0. The number of hydrazine groups is 1. The van der Waals surface area contributed by atoms with E-state index in [-0.39, 0.29) is 5.75 Å². The molecule has 0 fully saturated rings. The molecule has 2 aromatic rings. The lowest BCUT2D eigenvalue weighted by Gasteiger charge is -2.15. The van der Waals surface area contributed by atoms with Crippen LogP contribution in [0.15, 0.2) is 48.5 Å². The molecule has 2 aromatic carbocycles. The van der Waals surface area contributed by atoms with Gasteiger partial charge < -0.3 is 9.47 Å². The van der Waals surface area contributed by atoms with Gasteiger partial charge in [0.05, 0.1) is 6.61 Å². The molecule has 2 amide bonds. The number of hydrogen-bond donors (Lipinski definition) is 2. The molecule has 2 N–H and O–H groups in total. The molecule has 132 valence electrons. The third kappa shape index (κ3) is 5.49. The van der Waals surface area contributed by atoms with Crippen LogP contribution in [0.25, 0.3) is 0 Å². The largest absolute Gasteiger partial charge is 0.494 e. The summed E-state index contributed by atoms with van der Waals surface area (Å²) in [6.45, 7) is 3.89. The first-order valence-corrected chi connectivity index (χ1v) is 7.75. The van der Waals surface area contributed by atoms with Crippen molar-refractivity contribution in [3.8, 4) is 11.5 Å². The van der Waals surface area contributed by atoms with Crippen LogP contribution >= 0.6 is 0 Å². The first-order valence-electron chi connectivity index (χ1n) is 7.75. The van der Waals surface area contributed by atoms with Crippen LogP contribution in [0.2, 0.25) is 0 Å². The molecule has 7 heteroatoms. The van der Waals surface area contributed by atoms with Crippen molar-refractivity contribution >= 4 is 11.8 Å². The van der Waals surface area contributed by atoms with Gasteiger partial charge >= 0.3 is 0 Å². The highest BCUT2D eigenvalue weighted by Gasteiger charge is 2.16. The van der Waals surface area contributed by atoms with E-state index in [1.807, 2.05) is 6.92 Å². The summed E-state index contributed by atoms with van der Waals surface area (Å²) in [4.78, 5) is 23.9. The van der Waals surface area contributed by atoms with E-state index in [0.717, 1.165) is 0 Å². The van der Waals surface area contributed by atoms with Crippen LogP contribution in [0.1, 0.15) is 24.2 Å². The predicted molar refractivity (Wildman–Crippen MR) is 89.7 cm³/mol. The maximum absolute atomic E-state index is 13.1. The van der Waals surface area contributed by atoms with Gasteiger partial charge in [-0.3, -0.25) is 20.4 Å². The van der Waals surface area contributed by atoms with Crippen molar-refractivity contribution in [2.75, 3.05) is 6.61 Å². The Balaban J connectivity index is 1.84. The van der Waals surface area contributed by atoms with E-state index >= 15 is 0 Å². The number of ether oxygens (including phenoxy) is 2. The van der Waals surface area contributed by atoms with Crippen LogP contribution in [0.5, 0.6) is 11.5 Å². The van der Waals surface area contributed by atoms with Gasteiger partial charge in [-0.25, -0.2) is 4.39 Å². The number of hydrogen-bond acceptors (Lipinski definition) is 4. The topological polar surface area (TPSA) is 76.7 Å². The van der Waals surface area contributed by atoms with Gasteiger partial charge in [-0.2, -0.15) is 0 Å². The van der Waals surface area contributed by atoms with Crippen molar-refractivity contribution in [2.45, 2.75) is 20.0 Å². The third-order valence-electron chi connectivity index (χ3n) is 3.20. The van der Waals surface area contributed by atoms with Gasteiger partial charge in [0.15, 0.2) is 6.10 Å². The van der Waals surface area contributed by atoms with Gasteiger partial charge in [-0.05, 0) is 50.2 Å². The minimum Gasteiger partial charge on any atom is -0.494 e. The normalized spacial score (nSPS) is 11.3. The van der Waals surface area contributed by atoms with Gasteiger partial charge in [0, 0.05) is 11.6 Å². The second-order valence-corrected chi connectivity index (χ2v) is 5.12. The van der Waals surface area contributed by atoms with Crippen LogP contribution in [0, 0.1) is 5.82 Å². The Morgan fingerprint density at radius 1 is 1.08 bits per heavy atom. The Morgan fingerprint density at radius 3 is 2.44 bits per heavy atom. The van der Waals surface area contributed by atoms with E-state index in [1.165, 1.54) is 31.2 Å². The number of carbonyl (C=O) groups is 2. The van der Waals surface area contributed by atoms with E-state index in [0.29, 0.717) is 17.9 Å². The molecular formula is C18H19FN2O4. The van der Waals surface area contributed by atoms with Crippen molar-refractivity contribution in [1.29, 1.82) is 0 Å². The summed E-state index contributed by atoms with van der Waals surface area (Å²) < 4.78 is 23.7. The van der Waals surface area contributed by atoms with E-state index in [2.05, 4.69) is 10.9 Å². The lowest BCUT2D eigenvalue weighted by atomic mass is 10.2. The molecule has 0 radical (unpaired) electrons. The smallest absolute Gasteiger partial charge is 0.279 e. The zero-order chi connectivity index (χ0) is 18.2. The van der Waals surface area contributed by atoms with Gasteiger partial charge in [-0.15, -0.1) is 0 Å². The molecular weight excluding hydrogens is 327 g/mol. The number of carbonyl (C=O) groups excluding carboxylic acids is 2. The third-order valence-corrected chi connectivity index (χ3v) is 3.20. The SMILES string of the molecule is CCOc1ccc(C(=O)NNC(=O)C(C)Oc2cccc(F)c2)cc1. The van der Waals surface area contributed by atoms with E-state index in [1.54, 1.807) is 24.3 Å². The van der Waals surface area contributed by atoms with Crippen molar-refractivity contribution < 1.29 is 23.5 Å². The summed E-state index contributed by atoms with van der Waals surface area (Å²) in [5, 5.41) is 0. The highest BCUT2D eigenvalue weighted by atomic mass is 19.1. The van der Waals surface area contributed by atoms with E-state index in [9.17, 15) is 14.0 Å². The van der Waals surface area contributed by atoms with Gasteiger partial charge in [0.2, 0.25) is 0 Å². The van der Waals surface area contributed by atoms with Gasteiger partial charge in [0.25, 0.3) is 11.8 Å². The number of benzene rings is 2. The molecule has 0 saturated carbocycles. The molecule has 0 aliphatic rings. The first kappa shape index (κ1) is 18.3. The van der Waals surface area contributed by atoms with Gasteiger partial charge in [0.1, 0.15) is 17.3 Å². The molecule has 1 unspecified atom stereocenters. The van der Waals surface area contributed by atoms with Crippen LogP contribution < -0.4 is 20.3 Å². The molecule has 25 heavy (non-hydrogen) atoms. The number of halogens is 1. The fourth-order valence-electron chi connectivity index (χ4n) is 1.96. The lowest BCUT2D eigenvalue weighted by molar-refractivity contribution is -0.128. The maximum Gasteiger partial charge on any atom is 0.279 e. The molecule has 0 heterocycles. The van der Waals surface area contributed by atoms with Gasteiger partial charge in [-0.1, -0.05) is 6.07 Å². The van der Waals surface area contributed by atoms with E-state index in [4.69, 9.17) is 9.47 Å². The number of nitrogens with one attached hydrogen (secondary N) is 2.